The summed E-state index contributed by atoms with van der Waals surface area (Å²) in [4.78, 5) is 10.6. The zero-order valence-electron chi connectivity index (χ0n) is 7.55. The maximum absolute atomic E-state index is 10.6. The van der Waals surface area contributed by atoms with Crippen LogP contribution in [-0.2, 0) is 4.79 Å². The average Bonchev–Trinajstić information content (AvgIpc) is 2.13. The van der Waals surface area contributed by atoms with Crippen LogP contribution >= 0.6 is 0 Å². The van der Waals surface area contributed by atoms with Crippen LogP contribution in [0.3, 0.4) is 0 Å². The quantitative estimate of drug-likeness (QED) is 0.594. The predicted molar refractivity (Wildman–Crippen MR) is 47.4 cm³/mol. The van der Waals surface area contributed by atoms with Gasteiger partial charge < -0.3 is 10.4 Å². The number of hydrogen-bond donors (Lipinski definition) is 2. The van der Waals surface area contributed by atoms with E-state index >= 15 is 0 Å². The first-order valence-electron chi connectivity index (χ1n) is 4.04. The molecule has 1 amide bonds. The van der Waals surface area contributed by atoms with E-state index in [-0.39, 0.29) is 6.54 Å². The first-order chi connectivity index (χ1) is 5.58. The molecule has 0 aromatic heterocycles. The topological polar surface area (TPSA) is 49.3 Å². The van der Waals surface area contributed by atoms with E-state index in [9.17, 15) is 9.90 Å². The minimum Gasteiger partial charge on any atom is -0.388 e. The van der Waals surface area contributed by atoms with E-state index in [0.717, 1.165) is 0 Å². The average molecular weight is 169 g/mol. The predicted octanol–water partition coefficient (Wildman–Crippen LogP) is 0.287. The Morgan fingerprint density at radius 2 is 2.08 bits per heavy atom. The number of hydrogen-bond acceptors (Lipinski definition) is 2. The Kier molecular flexibility index (Phi) is 4.38. The van der Waals surface area contributed by atoms with Gasteiger partial charge in [0, 0.05) is 6.54 Å². The molecular formula is C9H15NO2. The lowest BCUT2D eigenvalue weighted by Gasteiger charge is -2.24. The van der Waals surface area contributed by atoms with Gasteiger partial charge in [-0.1, -0.05) is 13.8 Å². The van der Waals surface area contributed by atoms with Crippen molar-refractivity contribution >= 4 is 5.91 Å². The van der Waals surface area contributed by atoms with Gasteiger partial charge in [0.15, 0.2) is 0 Å². The zero-order chi connectivity index (χ0) is 9.61. The summed E-state index contributed by atoms with van der Waals surface area (Å²) in [5.74, 6) is 1.45. The van der Waals surface area contributed by atoms with Crippen LogP contribution in [0.4, 0.5) is 0 Å². The van der Waals surface area contributed by atoms with Crippen molar-refractivity contribution in [2.75, 3.05) is 6.54 Å². The van der Waals surface area contributed by atoms with Crippen molar-refractivity contribution in [1.82, 2.24) is 5.32 Å². The molecule has 0 saturated heterocycles. The maximum atomic E-state index is 10.6. The van der Waals surface area contributed by atoms with Gasteiger partial charge in [0.25, 0.3) is 5.91 Å². The maximum Gasteiger partial charge on any atom is 0.295 e. The molecule has 0 aromatic rings. The van der Waals surface area contributed by atoms with Gasteiger partial charge in [0.2, 0.25) is 0 Å². The number of terminal acetylenes is 1. The van der Waals surface area contributed by atoms with Gasteiger partial charge >= 0.3 is 0 Å². The smallest absolute Gasteiger partial charge is 0.295 e. The van der Waals surface area contributed by atoms with Crippen LogP contribution in [0.1, 0.15) is 26.7 Å². The first kappa shape index (κ1) is 11.0. The Bertz CT molecular complexity index is 189. The highest BCUT2D eigenvalue weighted by Crippen LogP contribution is 2.12. The number of carbonyl (C=O) groups is 1. The van der Waals surface area contributed by atoms with Crippen LogP contribution in [0, 0.1) is 12.3 Å². The van der Waals surface area contributed by atoms with E-state index in [4.69, 9.17) is 6.42 Å². The van der Waals surface area contributed by atoms with Crippen LogP contribution in [0.2, 0.25) is 0 Å². The van der Waals surface area contributed by atoms with E-state index in [2.05, 4.69) is 5.32 Å². The fourth-order valence-corrected chi connectivity index (χ4v) is 0.796. The van der Waals surface area contributed by atoms with Gasteiger partial charge in [-0.15, -0.1) is 6.42 Å². The molecule has 0 aliphatic carbocycles. The molecule has 3 heteroatoms. The van der Waals surface area contributed by atoms with Gasteiger partial charge in [-0.25, -0.2) is 0 Å². The first-order valence-corrected chi connectivity index (χ1v) is 4.04. The molecule has 0 aliphatic rings. The Balaban J connectivity index is 3.90. The molecule has 0 bridgehead atoms. The summed E-state index contributed by atoms with van der Waals surface area (Å²) in [6.45, 7) is 3.96. The lowest BCUT2D eigenvalue weighted by molar-refractivity contribution is -0.117. The second-order valence-corrected chi connectivity index (χ2v) is 2.76. The standard InChI is InChI=1S/C9H15NO2/c1-4-8(11)10-7-9(12,5-2)6-3/h1,12H,5-7H2,2-3H3,(H,10,11). The summed E-state index contributed by atoms with van der Waals surface area (Å²) < 4.78 is 0. The number of amides is 1. The second-order valence-electron chi connectivity index (χ2n) is 2.76. The van der Waals surface area contributed by atoms with Crippen molar-refractivity contribution in [2.24, 2.45) is 0 Å². The van der Waals surface area contributed by atoms with Crippen LogP contribution in [0.15, 0.2) is 0 Å². The molecule has 68 valence electrons. The Morgan fingerprint density at radius 1 is 1.58 bits per heavy atom. The molecule has 0 saturated carbocycles. The van der Waals surface area contributed by atoms with Crippen LogP contribution in [0.25, 0.3) is 0 Å². The highest BCUT2D eigenvalue weighted by atomic mass is 16.3. The van der Waals surface area contributed by atoms with E-state index in [1.807, 2.05) is 19.8 Å². The van der Waals surface area contributed by atoms with Gasteiger partial charge in [-0.2, -0.15) is 0 Å². The third-order valence-electron chi connectivity index (χ3n) is 2.03. The molecule has 0 atom stereocenters. The SMILES string of the molecule is C#CC(=O)NCC(O)(CC)CC. The van der Waals surface area contributed by atoms with Crippen molar-refractivity contribution < 1.29 is 9.90 Å². The molecule has 0 radical (unpaired) electrons. The van der Waals surface area contributed by atoms with E-state index < -0.39 is 11.5 Å². The zero-order valence-corrected chi connectivity index (χ0v) is 7.55. The second kappa shape index (κ2) is 4.78. The summed E-state index contributed by atoms with van der Waals surface area (Å²) in [7, 11) is 0. The van der Waals surface area contributed by atoms with Gasteiger partial charge in [-0.05, 0) is 18.8 Å². The number of carbonyl (C=O) groups excluding carboxylic acids is 1. The lowest BCUT2D eigenvalue weighted by Crippen LogP contribution is -2.41. The molecule has 0 aliphatic heterocycles. The Hall–Kier alpha value is -1.01. The van der Waals surface area contributed by atoms with Crippen molar-refractivity contribution in [2.45, 2.75) is 32.3 Å². The number of nitrogens with one attached hydrogen (secondary N) is 1. The van der Waals surface area contributed by atoms with Gasteiger partial charge in [0.05, 0.1) is 5.60 Å². The van der Waals surface area contributed by atoms with Crippen molar-refractivity contribution in [3.8, 4) is 12.3 Å². The summed E-state index contributed by atoms with van der Waals surface area (Å²) in [5, 5.41) is 12.1. The molecule has 0 rings (SSSR count). The summed E-state index contributed by atoms with van der Waals surface area (Å²) in [6, 6.07) is 0. The van der Waals surface area contributed by atoms with Crippen LogP contribution in [0.5, 0.6) is 0 Å². The van der Waals surface area contributed by atoms with Crippen molar-refractivity contribution in [3.05, 3.63) is 0 Å². The fraction of sp³-hybridized carbons (Fsp3) is 0.667. The minimum absolute atomic E-state index is 0.225. The third kappa shape index (κ3) is 3.40. The van der Waals surface area contributed by atoms with Crippen LogP contribution < -0.4 is 5.32 Å². The number of aliphatic hydroxyl groups is 1. The van der Waals surface area contributed by atoms with Crippen LogP contribution in [-0.4, -0.2) is 23.2 Å². The monoisotopic (exact) mass is 169 g/mol. The Labute approximate surface area is 73.2 Å². The molecular weight excluding hydrogens is 154 g/mol. The molecule has 0 spiro atoms. The fourth-order valence-electron chi connectivity index (χ4n) is 0.796. The van der Waals surface area contributed by atoms with Crippen molar-refractivity contribution in [3.63, 3.8) is 0 Å². The lowest BCUT2D eigenvalue weighted by atomic mass is 9.98. The summed E-state index contributed by atoms with van der Waals surface area (Å²) in [5.41, 5.74) is -0.813. The van der Waals surface area contributed by atoms with Gasteiger partial charge in [0.1, 0.15) is 0 Å². The summed E-state index contributed by atoms with van der Waals surface area (Å²) >= 11 is 0. The van der Waals surface area contributed by atoms with E-state index in [1.165, 1.54) is 0 Å². The molecule has 3 nitrogen and oxygen atoms in total. The van der Waals surface area contributed by atoms with Gasteiger partial charge in [-0.3, -0.25) is 4.79 Å². The molecule has 0 heterocycles. The molecule has 12 heavy (non-hydrogen) atoms. The molecule has 0 unspecified atom stereocenters. The largest absolute Gasteiger partial charge is 0.388 e. The van der Waals surface area contributed by atoms with Crippen molar-refractivity contribution in [1.29, 1.82) is 0 Å². The molecule has 0 aromatic carbocycles. The summed E-state index contributed by atoms with van der Waals surface area (Å²) in [6.07, 6.45) is 6.05. The number of rotatable bonds is 4. The highest BCUT2D eigenvalue weighted by molar-refractivity contribution is 5.92. The Morgan fingerprint density at radius 3 is 2.42 bits per heavy atom. The van der Waals surface area contributed by atoms with E-state index in [0.29, 0.717) is 12.8 Å². The minimum atomic E-state index is -0.813. The molecule has 0 fully saturated rings. The van der Waals surface area contributed by atoms with E-state index in [1.54, 1.807) is 0 Å². The highest BCUT2D eigenvalue weighted by Gasteiger charge is 2.22. The normalized spacial score (nSPS) is 10.5. The molecule has 2 N–H and O–H groups in total. The third-order valence-corrected chi connectivity index (χ3v) is 2.03.